The third-order valence-electron chi connectivity index (χ3n) is 5.25. The molecule has 1 atom stereocenters. The normalized spacial score (nSPS) is 16.9. The van der Waals surface area contributed by atoms with Crippen LogP contribution in [0.25, 0.3) is 11.0 Å². The van der Waals surface area contributed by atoms with Crippen LogP contribution in [-0.4, -0.2) is 31.9 Å². The fraction of sp³-hybridized carbons (Fsp3) is 0.227. The van der Waals surface area contributed by atoms with Gasteiger partial charge in [0.05, 0.1) is 30.4 Å². The number of amides is 1. The predicted molar refractivity (Wildman–Crippen MR) is 105 cm³/mol. The van der Waals surface area contributed by atoms with Crippen LogP contribution in [0.15, 0.2) is 71.6 Å². The highest BCUT2D eigenvalue weighted by Gasteiger charge is 2.34. The number of imidazole rings is 1. The van der Waals surface area contributed by atoms with Gasteiger partial charge in [0.1, 0.15) is 11.6 Å². The SMILES string of the molecule is O=C1C[C@H](c2nc3ccccc3n2Cc2cccnc2)CN1Cc1ccco1. The van der Waals surface area contributed by atoms with E-state index in [0.29, 0.717) is 26.1 Å². The summed E-state index contributed by atoms with van der Waals surface area (Å²) in [6.07, 6.45) is 5.76. The topological polar surface area (TPSA) is 64.2 Å². The number of benzene rings is 1. The van der Waals surface area contributed by atoms with Crippen molar-refractivity contribution >= 4 is 16.9 Å². The number of likely N-dealkylation sites (tertiary alicyclic amines) is 1. The number of pyridine rings is 1. The number of hydrogen-bond acceptors (Lipinski definition) is 4. The van der Waals surface area contributed by atoms with Crippen LogP contribution in [0.2, 0.25) is 0 Å². The van der Waals surface area contributed by atoms with E-state index in [2.05, 4.69) is 21.7 Å². The summed E-state index contributed by atoms with van der Waals surface area (Å²) in [5, 5.41) is 0. The molecule has 1 aliphatic rings. The minimum absolute atomic E-state index is 0.0616. The van der Waals surface area contributed by atoms with Crippen molar-refractivity contribution in [3.05, 3.63) is 84.3 Å². The molecule has 0 radical (unpaired) electrons. The molecule has 1 fully saturated rings. The molecule has 1 aromatic carbocycles. The van der Waals surface area contributed by atoms with Crippen LogP contribution in [0.5, 0.6) is 0 Å². The zero-order chi connectivity index (χ0) is 18.9. The van der Waals surface area contributed by atoms with Gasteiger partial charge in [0.15, 0.2) is 0 Å². The van der Waals surface area contributed by atoms with Crippen molar-refractivity contribution in [2.45, 2.75) is 25.4 Å². The van der Waals surface area contributed by atoms with E-state index in [0.717, 1.165) is 28.2 Å². The van der Waals surface area contributed by atoms with E-state index >= 15 is 0 Å². The molecular weight excluding hydrogens is 352 g/mol. The summed E-state index contributed by atoms with van der Waals surface area (Å²) in [5.74, 6) is 1.96. The second-order valence-electron chi connectivity index (χ2n) is 7.16. The number of nitrogens with zero attached hydrogens (tertiary/aromatic N) is 4. The molecule has 3 aromatic heterocycles. The molecule has 0 aliphatic carbocycles. The van der Waals surface area contributed by atoms with Gasteiger partial charge in [-0.05, 0) is 35.9 Å². The maximum atomic E-state index is 12.6. The standard InChI is InChI=1S/C22H20N4O2/c27-21-11-17(14-25(21)15-18-6-4-10-28-18)22-24-19-7-1-2-8-20(19)26(22)13-16-5-3-9-23-12-16/h1-10,12,17H,11,13-15H2/t17-/m0/s1. The Hall–Kier alpha value is -3.41. The van der Waals surface area contributed by atoms with Crippen LogP contribution in [0.1, 0.15) is 29.5 Å². The van der Waals surface area contributed by atoms with Gasteiger partial charge in [-0.25, -0.2) is 4.98 Å². The number of carbonyl (C=O) groups is 1. The van der Waals surface area contributed by atoms with Crippen LogP contribution in [0.4, 0.5) is 0 Å². The van der Waals surface area contributed by atoms with Crippen LogP contribution in [0, 0.1) is 0 Å². The fourth-order valence-electron chi connectivity index (χ4n) is 3.93. The molecule has 6 heteroatoms. The molecule has 0 bridgehead atoms. The average Bonchev–Trinajstić information content (AvgIpc) is 3.44. The summed E-state index contributed by atoms with van der Waals surface area (Å²) in [6, 6.07) is 15.9. The van der Waals surface area contributed by atoms with Crippen LogP contribution in [-0.2, 0) is 17.9 Å². The summed E-state index contributed by atoms with van der Waals surface area (Å²) in [4.78, 5) is 23.6. The van der Waals surface area contributed by atoms with Gasteiger partial charge in [-0.3, -0.25) is 9.78 Å². The molecule has 0 unspecified atom stereocenters. The summed E-state index contributed by atoms with van der Waals surface area (Å²) >= 11 is 0. The lowest BCUT2D eigenvalue weighted by atomic mass is 10.1. The lowest BCUT2D eigenvalue weighted by molar-refractivity contribution is -0.128. The zero-order valence-corrected chi connectivity index (χ0v) is 15.4. The number of para-hydroxylation sites is 2. The molecule has 0 saturated carbocycles. The third kappa shape index (κ3) is 3.07. The molecular formula is C22H20N4O2. The zero-order valence-electron chi connectivity index (χ0n) is 15.4. The van der Waals surface area contributed by atoms with Crippen molar-refractivity contribution in [2.24, 2.45) is 0 Å². The second kappa shape index (κ2) is 6.96. The molecule has 1 aliphatic heterocycles. The minimum Gasteiger partial charge on any atom is -0.467 e. The number of furan rings is 1. The van der Waals surface area contributed by atoms with E-state index in [1.165, 1.54) is 0 Å². The molecule has 140 valence electrons. The van der Waals surface area contributed by atoms with Gasteiger partial charge in [-0.15, -0.1) is 0 Å². The van der Waals surface area contributed by atoms with Crippen molar-refractivity contribution in [3.63, 3.8) is 0 Å². The van der Waals surface area contributed by atoms with E-state index in [-0.39, 0.29) is 11.8 Å². The molecule has 28 heavy (non-hydrogen) atoms. The largest absolute Gasteiger partial charge is 0.467 e. The first-order valence-corrected chi connectivity index (χ1v) is 9.42. The molecule has 4 aromatic rings. The Bertz CT molecular complexity index is 1100. The number of fused-ring (bicyclic) bond motifs is 1. The van der Waals surface area contributed by atoms with Gasteiger partial charge in [-0.1, -0.05) is 18.2 Å². The summed E-state index contributed by atoms with van der Waals surface area (Å²) in [5.41, 5.74) is 3.15. The van der Waals surface area contributed by atoms with E-state index in [9.17, 15) is 4.79 Å². The number of aromatic nitrogens is 3. The Labute approximate surface area is 162 Å². The Kier molecular flexibility index (Phi) is 4.16. The first kappa shape index (κ1) is 16.7. The predicted octanol–water partition coefficient (Wildman–Crippen LogP) is 3.59. The summed E-state index contributed by atoms with van der Waals surface area (Å²) in [6.45, 7) is 1.84. The quantitative estimate of drug-likeness (QED) is 0.537. The van der Waals surface area contributed by atoms with Crippen LogP contribution in [0.3, 0.4) is 0 Å². The molecule has 1 amide bonds. The van der Waals surface area contributed by atoms with E-state index in [4.69, 9.17) is 9.40 Å². The Morgan fingerprint density at radius 2 is 2.00 bits per heavy atom. The minimum atomic E-state index is 0.0616. The van der Waals surface area contributed by atoms with Crippen LogP contribution < -0.4 is 0 Å². The molecule has 6 nitrogen and oxygen atoms in total. The molecule has 5 rings (SSSR count). The lowest BCUT2D eigenvalue weighted by Crippen LogP contribution is -2.24. The maximum Gasteiger partial charge on any atom is 0.223 e. The van der Waals surface area contributed by atoms with Gasteiger partial charge < -0.3 is 13.9 Å². The number of rotatable bonds is 5. The molecule has 0 spiro atoms. The fourth-order valence-corrected chi connectivity index (χ4v) is 3.93. The van der Waals surface area contributed by atoms with Gasteiger partial charge >= 0.3 is 0 Å². The van der Waals surface area contributed by atoms with Crippen molar-refractivity contribution in [3.8, 4) is 0 Å². The first-order chi connectivity index (χ1) is 13.8. The summed E-state index contributed by atoms with van der Waals surface area (Å²) in [7, 11) is 0. The highest BCUT2D eigenvalue weighted by atomic mass is 16.3. The molecule has 1 saturated heterocycles. The van der Waals surface area contributed by atoms with E-state index in [1.807, 2.05) is 47.5 Å². The van der Waals surface area contributed by atoms with E-state index < -0.39 is 0 Å². The molecule has 4 heterocycles. The van der Waals surface area contributed by atoms with Crippen molar-refractivity contribution in [1.82, 2.24) is 19.4 Å². The Morgan fingerprint density at radius 1 is 1.07 bits per heavy atom. The Balaban J connectivity index is 1.48. The summed E-state index contributed by atoms with van der Waals surface area (Å²) < 4.78 is 7.64. The van der Waals surface area contributed by atoms with Crippen molar-refractivity contribution in [2.75, 3.05) is 6.54 Å². The van der Waals surface area contributed by atoms with Crippen LogP contribution >= 0.6 is 0 Å². The number of carbonyl (C=O) groups excluding carboxylic acids is 1. The maximum absolute atomic E-state index is 12.6. The van der Waals surface area contributed by atoms with Crippen molar-refractivity contribution < 1.29 is 9.21 Å². The van der Waals surface area contributed by atoms with Gasteiger partial charge in [-0.2, -0.15) is 0 Å². The number of hydrogen-bond donors (Lipinski definition) is 0. The average molecular weight is 372 g/mol. The van der Waals surface area contributed by atoms with Crippen molar-refractivity contribution in [1.29, 1.82) is 0 Å². The van der Waals surface area contributed by atoms with Gasteiger partial charge in [0.25, 0.3) is 0 Å². The monoisotopic (exact) mass is 372 g/mol. The smallest absolute Gasteiger partial charge is 0.223 e. The highest BCUT2D eigenvalue weighted by molar-refractivity contribution is 5.81. The van der Waals surface area contributed by atoms with E-state index in [1.54, 1.807) is 12.5 Å². The molecule has 0 N–H and O–H groups in total. The van der Waals surface area contributed by atoms with Gasteiger partial charge in [0, 0.05) is 31.3 Å². The first-order valence-electron chi connectivity index (χ1n) is 9.42. The highest BCUT2D eigenvalue weighted by Crippen LogP contribution is 2.31. The lowest BCUT2D eigenvalue weighted by Gasteiger charge is -2.16. The third-order valence-corrected chi connectivity index (χ3v) is 5.25. The van der Waals surface area contributed by atoms with Gasteiger partial charge in [0.2, 0.25) is 5.91 Å². The Morgan fingerprint density at radius 3 is 2.82 bits per heavy atom. The second-order valence-corrected chi connectivity index (χ2v) is 7.16.